The highest BCUT2D eigenvalue weighted by Gasteiger charge is 2.22. The normalized spacial score (nSPS) is 21.1. The molecule has 2 aromatic heterocycles. The lowest BCUT2D eigenvalue weighted by Crippen LogP contribution is -2.43. The van der Waals surface area contributed by atoms with Gasteiger partial charge in [-0.3, -0.25) is 14.2 Å². The molecule has 0 bridgehead atoms. The monoisotopic (exact) mass is 331 g/mol. The van der Waals surface area contributed by atoms with Crippen LogP contribution in [0.1, 0.15) is 32.6 Å². The Balaban J connectivity index is 1.65. The minimum atomic E-state index is -0.199. The third-order valence-electron chi connectivity index (χ3n) is 4.42. The maximum absolute atomic E-state index is 12.2. The Morgan fingerprint density at radius 1 is 1.43 bits per heavy atom. The maximum Gasteiger partial charge on any atom is 0.254 e. The van der Waals surface area contributed by atoms with Crippen molar-refractivity contribution < 1.29 is 4.79 Å². The van der Waals surface area contributed by atoms with Crippen LogP contribution in [0.4, 0.5) is 0 Å². The van der Waals surface area contributed by atoms with E-state index in [1.54, 1.807) is 0 Å². The van der Waals surface area contributed by atoms with Crippen LogP contribution >= 0.6 is 11.3 Å². The van der Waals surface area contributed by atoms with Crippen molar-refractivity contribution in [2.24, 2.45) is 5.92 Å². The number of amides is 1. The van der Waals surface area contributed by atoms with Crippen molar-refractivity contribution in [1.82, 2.24) is 14.9 Å². The molecule has 1 N–H and O–H groups in total. The summed E-state index contributed by atoms with van der Waals surface area (Å²) in [7, 11) is 0. The quantitative estimate of drug-likeness (QED) is 0.937. The molecule has 0 saturated heterocycles. The molecule has 2 heterocycles. The fraction of sp³-hybridized carbons (Fsp3) is 0.471. The first-order valence-electron chi connectivity index (χ1n) is 8.03. The van der Waals surface area contributed by atoms with Gasteiger partial charge in [-0.15, -0.1) is 11.3 Å². The smallest absolute Gasteiger partial charge is 0.254 e. The summed E-state index contributed by atoms with van der Waals surface area (Å²) in [6, 6.07) is 5.56. The number of rotatable bonds is 4. The van der Waals surface area contributed by atoms with E-state index in [1.807, 2.05) is 17.5 Å². The second-order valence-corrected chi connectivity index (χ2v) is 7.10. The molecule has 3 rings (SSSR count). The van der Waals surface area contributed by atoms with Gasteiger partial charge in [-0.1, -0.05) is 25.8 Å². The van der Waals surface area contributed by atoms with E-state index < -0.39 is 0 Å². The highest BCUT2D eigenvalue weighted by Crippen LogP contribution is 2.23. The van der Waals surface area contributed by atoms with Crippen LogP contribution in [0, 0.1) is 5.92 Å². The molecular formula is C17H21N3O2S. The lowest BCUT2D eigenvalue weighted by atomic mass is 9.86. The molecule has 2 unspecified atom stereocenters. The van der Waals surface area contributed by atoms with E-state index in [4.69, 9.17) is 0 Å². The van der Waals surface area contributed by atoms with Crippen LogP contribution in [0.2, 0.25) is 0 Å². The second kappa shape index (κ2) is 7.08. The number of nitrogens with zero attached hydrogens (tertiary/aromatic N) is 2. The molecule has 1 fully saturated rings. The maximum atomic E-state index is 12.2. The van der Waals surface area contributed by atoms with Crippen molar-refractivity contribution >= 4 is 17.2 Å². The van der Waals surface area contributed by atoms with Crippen molar-refractivity contribution in [3.63, 3.8) is 0 Å². The van der Waals surface area contributed by atoms with Gasteiger partial charge < -0.3 is 5.32 Å². The minimum absolute atomic E-state index is 0.0276. The molecule has 1 aliphatic carbocycles. The molecule has 1 aliphatic rings. The van der Waals surface area contributed by atoms with Gasteiger partial charge >= 0.3 is 0 Å². The molecule has 1 saturated carbocycles. The fourth-order valence-electron chi connectivity index (χ4n) is 3.04. The van der Waals surface area contributed by atoms with Crippen LogP contribution in [0.15, 0.2) is 34.7 Å². The van der Waals surface area contributed by atoms with Crippen LogP contribution in [-0.2, 0) is 11.3 Å². The van der Waals surface area contributed by atoms with Gasteiger partial charge in [0.1, 0.15) is 6.54 Å². The molecular weight excluding hydrogens is 310 g/mol. The molecule has 0 aromatic carbocycles. The number of hydrogen-bond acceptors (Lipinski definition) is 4. The first kappa shape index (κ1) is 15.9. The molecule has 6 heteroatoms. The Morgan fingerprint density at radius 3 is 2.96 bits per heavy atom. The average molecular weight is 331 g/mol. The topological polar surface area (TPSA) is 64.0 Å². The van der Waals surface area contributed by atoms with Gasteiger partial charge in [0.25, 0.3) is 5.56 Å². The van der Waals surface area contributed by atoms with E-state index in [0.29, 0.717) is 11.6 Å². The van der Waals surface area contributed by atoms with Crippen LogP contribution < -0.4 is 10.9 Å². The minimum Gasteiger partial charge on any atom is -0.352 e. The van der Waals surface area contributed by atoms with Gasteiger partial charge in [0.05, 0.1) is 16.9 Å². The first-order chi connectivity index (χ1) is 11.1. The number of hydrogen-bond donors (Lipinski definition) is 1. The SMILES string of the molecule is CC1CCCCC1NC(=O)Cn1cnc(-c2cccs2)cc1=O. The zero-order valence-electron chi connectivity index (χ0n) is 13.2. The Morgan fingerprint density at radius 2 is 2.26 bits per heavy atom. The van der Waals surface area contributed by atoms with Gasteiger partial charge in [-0.05, 0) is 30.2 Å². The summed E-state index contributed by atoms with van der Waals surface area (Å²) in [5.74, 6) is 0.389. The van der Waals surface area contributed by atoms with Crippen molar-refractivity contribution in [3.8, 4) is 10.6 Å². The summed E-state index contributed by atoms with van der Waals surface area (Å²) in [6.07, 6.45) is 6.04. The zero-order chi connectivity index (χ0) is 16.2. The standard InChI is InChI=1S/C17H21N3O2S/c1-12-5-2-3-6-13(12)19-16(21)10-20-11-18-14(9-17(20)22)15-7-4-8-23-15/h4,7-9,11-13H,2-3,5-6,10H2,1H3,(H,19,21). The van der Waals surface area contributed by atoms with Gasteiger partial charge in [0.2, 0.25) is 5.91 Å². The highest BCUT2D eigenvalue weighted by atomic mass is 32.1. The van der Waals surface area contributed by atoms with Gasteiger partial charge in [-0.2, -0.15) is 0 Å². The predicted octanol–water partition coefficient (Wildman–Crippen LogP) is 2.67. The average Bonchev–Trinajstić information content (AvgIpc) is 3.06. The summed E-state index contributed by atoms with van der Waals surface area (Å²) < 4.78 is 1.36. The Bertz CT molecular complexity index is 724. The molecule has 1 amide bonds. The molecule has 5 nitrogen and oxygen atoms in total. The Hall–Kier alpha value is -1.95. The van der Waals surface area contributed by atoms with Crippen molar-refractivity contribution in [3.05, 3.63) is 40.3 Å². The van der Waals surface area contributed by atoms with Crippen LogP contribution in [0.3, 0.4) is 0 Å². The number of aromatic nitrogens is 2. The van der Waals surface area contributed by atoms with E-state index in [9.17, 15) is 9.59 Å². The molecule has 0 aliphatic heterocycles. The van der Waals surface area contributed by atoms with E-state index in [1.165, 1.54) is 34.7 Å². The molecule has 2 aromatic rings. The predicted molar refractivity (Wildman–Crippen MR) is 91.4 cm³/mol. The lowest BCUT2D eigenvalue weighted by molar-refractivity contribution is -0.123. The summed E-state index contributed by atoms with van der Waals surface area (Å²) in [5.41, 5.74) is 0.456. The van der Waals surface area contributed by atoms with Crippen LogP contribution in [0.25, 0.3) is 10.6 Å². The molecule has 23 heavy (non-hydrogen) atoms. The van der Waals surface area contributed by atoms with Crippen LogP contribution in [0.5, 0.6) is 0 Å². The highest BCUT2D eigenvalue weighted by molar-refractivity contribution is 7.13. The Kier molecular flexibility index (Phi) is 4.91. The summed E-state index contributed by atoms with van der Waals surface area (Å²) in [5, 5.41) is 5.01. The third-order valence-corrected chi connectivity index (χ3v) is 5.32. The van der Waals surface area contributed by atoms with Crippen molar-refractivity contribution in [1.29, 1.82) is 0 Å². The lowest BCUT2D eigenvalue weighted by Gasteiger charge is -2.29. The second-order valence-electron chi connectivity index (χ2n) is 6.15. The van der Waals surface area contributed by atoms with E-state index >= 15 is 0 Å². The summed E-state index contributed by atoms with van der Waals surface area (Å²) in [6.45, 7) is 2.20. The fourth-order valence-corrected chi connectivity index (χ4v) is 3.73. The largest absolute Gasteiger partial charge is 0.352 e. The molecule has 0 spiro atoms. The number of nitrogens with one attached hydrogen (secondary N) is 1. The first-order valence-corrected chi connectivity index (χ1v) is 8.91. The van der Waals surface area contributed by atoms with Crippen molar-refractivity contribution in [2.45, 2.75) is 45.2 Å². The Labute approximate surface area is 139 Å². The number of carbonyl (C=O) groups excluding carboxylic acids is 1. The number of carbonyl (C=O) groups is 1. The van der Waals surface area contributed by atoms with E-state index in [0.717, 1.165) is 24.1 Å². The van der Waals surface area contributed by atoms with Gasteiger partial charge in [0.15, 0.2) is 0 Å². The van der Waals surface area contributed by atoms with Crippen molar-refractivity contribution in [2.75, 3.05) is 0 Å². The van der Waals surface area contributed by atoms with Gasteiger partial charge in [0, 0.05) is 12.1 Å². The van der Waals surface area contributed by atoms with E-state index in [2.05, 4.69) is 17.2 Å². The molecule has 2 atom stereocenters. The van der Waals surface area contributed by atoms with E-state index in [-0.39, 0.29) is 24.1 Å². The summed E-state index contributed by atoms with van der Waals surface area (Å²) >= 11 is 1.54. The summed E-state index contributed by atoms with van der Waals surface area (Å²) in [4.78, 5) is 29.6. The molecule has 122 valence electrons. The van der Waals surface area contributed by atoms with Crippen LogP contribution in [-0.4, -0.2) is 21.5 Å². The number of thiophene rings is 1. The van der Waals surface area contributed by atoms with Gasteiger partial charge in [-0.25, -0.2) is 4.98 Å². The third kappa shape index (κ3) is 3.88. The molecule has 0 radical (unpaired) electrons. The zero-order valence-corrected chi connectivity index (χ0v) is 14.0.